The van der Waals surface area contributed by atoms with Crippen molar-refractivity contribution in [3.8, 4) is 0 Å². The van der Waals surface area contributed by atoms with Gasteiger partial charge >= 0.3 is 0 Å². The predicted octanol–water partition coefficient (Wildman–Crippen LogP) is 2.34. The van der Waals surface area contributed by atoms with Crippen LogP contribution < -0.4 is 5.73 Å². The van der Waals surface area contributed by atoms with Crippen LogP contribution in [0.15, 0.2) is 53.5 Å². The summed E-state index contributed by atoms with van der Waals surface area (Å²) in [4.78, 5) is 24.6. The molecule has 0 unspecified atom stereocenters. The van der Waals surface area contributed by atoms with Gasteiger partial charge in [-0.2, -0.15) is 4.99 Å². The van der Waals surface area contributed by atoms with Crippen molar-refractivity contribution in [2.75, 3.05) is 0 Å². The molecule has 2 N–H and O–H groups in total. The van der Waals surface area contributed by atoms with Gasteiger partial charge in [-0.05, 0) is 41.8 Å². The Hall–Kier alpha value is -2.71. The van der Waals surface area contributed by atoms with Crippen molar-refractivity contribution in [1.29, 1.82) is 0 Å². The summed E-state index contributed by atoms with van der Waals surface area (Å²) in [6, 6.07) is 14.5. The first-order valence-electron chi connectivity index (χ1n) is 5.74. The second kappa shape index (κ2) is 5.76. The van der Waals surface area contributed by atoms with Crippen LogP contribution in [-0.4, -0.2) is 12.0 Å². The minimum atomic E-state index is -0.428. The topological polar surface area (TPSA) is 72.5 Å². The highest BCUT2D eigenvalue weighted by molar-refractivity contribution is 5.92. The first-order chi connectivity index (χ1) is 9.19. The maximum absolute atomic E-state index is 10.9. The maximum atomic E-state index is 10.9. The predicted molar refractivity (Wildman–Crippen MR) is 72.0 cm³/mol. The normalized spacial score (nSPS) is 9.68. The zero-order chi connectivity index (χ0) is 13.7. The molecule has 2 aromatic carbocycles. The monoisotopic (exact) mass is 252 g/mol. The van der Waals surface area contributed by atoms with E-state index in [1.807, 2.05) is 24.3 Å². The second-order valence-corrected chi connectivity index (χ2v) is 4.11. The number of hydrogen-bond acceptors (Lipinski definition) is 3. The van der Waals surface area contributed by atoms with Gasteiger partial charge in [0.05, 0.1) is 5.69 Å². The van der Waals surface area contributed by atoms with Crippen LogP contribution in [0.25, 0.3) is 0 Å². The quantitative estimate of drug-likeness (QED) is 0.670. The van der Waals surface area contributed by atoms with Crippen molar-refractivity contribution >= 4 is 17.7 Å². The van der Waals surface area contributed by atoms with Gasteiger partial charge in [0.25, 0.3) is 0 Å². The molecule has 0 saturated carbocycles. The number of carbonyl (C=O) groups is 1. The lowest BCUT2D eigenvalue weighted by Gasteiger charge is -2.03. The molecule has 0 spiro atoms. The Kier molecular flexibility index (Phi) is 3.86. The van der Waals surface area contributed by atoms with E-state index >= 15 is 0 Å². The molecular formula is C15H12N2O2. The van der Waals surface area contributed by atoms with Crippen molar-refractivity contribution in [3.63, 3.8) is 0 Å². The average molecular weight is 252 g/mol. The van der Waals surface area contributed by atoms with Gasteiger partial charge in [-0.25, -0.2) is 4.79 Å². The van der Waals surface area contributed by atoms with Gasteiger partial charge < -0.3 is 5.73 Å². The van der Waals surface area contributed by atoms with Crippen LogP contribution in [-0.2, 0) is 11.2 Å². The van der Waals surface area contributed by atoms with Crippen LogP contribution in [0.4, 0.5) is 5.69 Å². The number of benzene rings is 2. The third-order valence-electron chi connectivity index (χ3n) is 2.76. The first-order valence-corrected chi connectivity index (χ1v) is 5.74. The largest absolute Gasteiger partial charge is 0.366 e. The summed E-state index contributed by atoms with van der Waals surface area (Å²) >= 11 is 0. The van der Waals surface area contributed by atoms with Crippen LogP contribution in [0, 0.1) is 0 Å². The minimum absolute atomic E-state index is 0.428. The molecule has 2 rings (SSSR count). The summed E-state index contributed by atoms with van der Waals surface area (Å²) in [6.07, 6.45) is 2.24. The van der Waals surface area contributed by atoms with E-state index < -0.39 is 5.91 Å². The fraction of sp³-hybridized carbons (Fsp3) is 0.0667. The van der Waals surface area contributed by atoms with Crippen LogP contribution in [0.1, 0.15) is 21.5 Å². The number of carbonyl (C=O) groups excluding carboxylic acids is 2. The number of isocyanates is 1. The molecule has 94 valence electrons. The summed E-state index contributed by atoms with van der Waals surface area (Å²) in [6.45, 7) is 0. The molecule has 2 aromatic rings. The number of rotatable bonds is 4. The van der Waals surface area contributed by atoms with Crippen LogP contribution in [0.5, 0.6) is 0 Å². The van der Waals surface area contributed by atoms with E-state index in [-0.39, 0.29) is 0 Å². The highest BCUT2D eigenvalue weighted by Crippen LogP contribution is 2.15. The molecule has 0 aromatic heterocycles. The Morgan fingerprint density at radius 2 is 1.53 bits per heavy atom. The van der Waals surface area contributed by atoms with Crippen molar-refractivity contribution in [1.82, 2.24) is 0 Å². The molecule has 4 heteroatoms. The summed E-state index contributed by atoms with van der Waals surface area (Å²) in [5.41, 5.74) is 8.44. The standard InChI is InChI=1S/C15H12N2O2/c16-15(19)13-5-1-11(2-6-13)9-12-3-7-14(8-4-12)17-10-18/h1-8H,9H2,(H2,16,19). The van der Waals surface area contributed by atoms with Gasteiger partial charge in [0.15, 0.2) is 0 Å². The third kappa shape index (κ3) is 3.37. The van der Waals surface area contributed by atoms with E-state index in [0.29, 0.717) is 11.3 Å². The molecule has 0 saturated heterocycles. The van der Waals surface area contributed by atoms with Crippen molar-refractivity contribution in [2.24, 2.45) is 10.7 Å². The molecule has 19 heavy (non-hydrogen) atoms. The lowest BCUT2D eigenvalue weighted by atomic mass is 10.0. The molecular weight excluding hydrogens is 240 g/mol. The Bertz CT molecular complexity index is 581. The first kappa shape index (κ1) is 12.7. The number of nitrogens with zero attached hydrogens (tertiary/aromatic N) is 1. The van der Waals surface area contributed by atoms with Gasteiger partial charge in [0.2, 0.25) is 12.0 Å². The fourth-order valence-corrected chi connectivity index (χ4v) is 1.76. The van der Waals surface area contributed by atoms with E-state index in [0.717, 1.165) is 17.5 Å². The summed E-state index contributed by atoms with van der Waals surface area (Å²) in [7, 11) is 0. The number of amides is 1. The molecule has 0 bridgehead atoms. The highest BCUT2D eigenvalue weighted by Gasteiger charge is 2.01. The Balaban J connectivity index is 2.12. The summed E-state index contributed by atoms with van der Waals surface area (Å²) in [5.74, 6) is -0.428. The van der Waals surface area contributed by atoms with E-state index in [2.05, 4.69) is 4.99 Å². The average Bonchev–Trinajstić information content (AvgIpc) is 2.42. The Labute approximate surface area is 110 Å². The number of nitrogens with two attached hydrogens (primary N) is 1. The molecule has 0 aliphatic heterocycles. The SMILES string of the molecule is NC(=O)c1ccc(Cc2ccc(N=C=O)cc2)cc1. The van der Waals surface area contributed by atoms with E-state index in [1.54, 1.807) is 24.3 Å². The lowest BCUT2D eigenvalue weighted by Crippen LogP contribution is -2.10. The van der Waals surface area contributed by atoms with Crippen LogP contribution in [0.2, 0.25) is 0 Å². The Morgan fingerprint density at radius 1 is 1.00 bits per heavy atom. The van der Waals surface area contributed by atoms with Gasteiger partial charge in [-0.1, -0.05) is 24.3 Å². The molecule has 0 fully saturated rings. The minimum Gasteiger partial charge on any atom is -0.366 e. The van der Waals surface area contributed by atoms with Crippen molar-refractivity contribution < 1.29 is 9.59 Å². The molecule has 0 atom stereocenters. The molecule has 1 amide bonds. The second-order valence-electron chi connectivity index (χ2n) is 4.11. The fourth-order valence-electron chi connectivity index (χ4n) is 1.76. The van der Waals surface area contributed by atoms with Gasteiger partial charge in [0.1, 0.15) is 0 Å². The molecule has 0 aliphatic rings. The zero-order valence-electron chi connectivity index (χ0n) is 10.2. The van der Waals surface area contributed by atoms with E-state index in [4.69, 9.17) is 5.73 Å². The highest BCUT2D eigenvalue weighted by atomic mass is 16.1. The Morgan fingerprint density at radius 3 is 2.00 bits per heavy atom. The van der Waals surface area contributed by atoms with Crippen molar-refractivity contribution in [3.05, 3.63) is 65.2 Å². The van der Waals surface area contributed by atoms with Crippen LogP contribution >= 0.6 is 0 Å². The molecule has 0 radical (unpaired) electrons. The summed E-state index contributed by atoms with van der Waals surface area (Å²) < 4.78 is 0. The van der Waals surface area contributed by atoms with Gasteiger partial charge in [-0.3, -0.25) is 4.79 Å². The van der Waals surface area contributed by atoms with Crippen molar-refractivity contribution in [2.45, 2.75) is 6.42 Å². The molecule has 0 aliphatic carbocycles. The summed E-state index contributed by atoms with van der Waals surface area (Å²) in [5, 5.41) is 0. The third-order valence-corrected chi connectivity index (χ3v) is 2.76. The molecule has 0 heterocycles. The number of primary amides is 1. The van der Waals surface area contributed by atoms with Crippen LogP contribution in [0.3, 0.4) is 0 Å². The van der Waals surface area contributed by atoms with Gasteiger partial charge in [-0.15, -0.1) is 0 Å². The van der Waals surface area contributed by atoms with Gasteiger partial charge in [0, 0.05) is 5.56 Å². The number of hydrogen-bond donors (Lipinski definition) is 1. The van der Waals surface area contributed by atoms with E-state index in [1.165, 1.54) is 6.08 Å². The van der Waals surface area contributed by atoms with E-state index in [9.17, 15) is 9.59 Å². The molecule has 4 nitrogen and oxygen atoms in total. The zero-order valence-corrected chi connectivity index (χ0v) is 10.2. The number of aliphatic imine (C=N–C) groups is 1. The smallest absolute Gasteiger partial charge is 0.248 e. The maximum Gasteiger partial charge on any atom is 0.248 e. The lowest BCUT2D eigenvalue weighted by molar-refractivity contribution is 0.100.